The second-order valence-electron chi connectivity index (χ2n) is 12.2. The molecule has 20 heteroatoms. The van der Waals surface area contributed by atoms with E-state index in [1.807, 2.05) is 0 Å². The number of methoxy groups -OCH3 is 1. The van der Waals surface area contributed by atoms with Gasteiger partial charge in [-0.2, -0.15) is 0 Å². The molecule has 0 amide bonds. The molecule has 3 aliphatic heterocycles. The molecule has 4 rings (SSSR count). The highest BCUT2D eigenvalue weighted by Crippen LogP contribution is 2.37. The highest BCUT2D eigenvalue weighted by molar-refractivity contribution is 5.90. The third-order valence-electron chi connectivity index (χ3n) is 8.68. The number of rotatable bonds is 14. The fourth-order valence-corrected chi connectivity index (χ4v) is 5.80. The van der Waals surface area contributed by atoms with Gasteiger partial charge in [-0.15, -0.1) is 0 Å². The van der Waals surface area contributed by atoms with Crippen LogP contribution in [0, 0.1) is 5.92 Å². The van der Waals surface area contributed by atoms with Crippen LogP contribution < -0.4 is 0 Å². The molecule has 0 spiro atoms. The number of carbonyl (C=O) groups excluding carboxylic acids is 3. The molecule has 0 radical (unpaired) electrons. The Hall–Kier alpha value is -3.93. The normalized spacial score (nSPS) is 33.8. The smallest absolute Gasteiger partial charge is 0.337 e. The number of benzene rings is 1. The van der Waals surface area contributed by atoms with Gasteiger partial charge in [0, 0.05) is 24.8 Å². The number of carbonyl (C=O) groups is 3. The second-order valence-corrected chi connectivity index (χ2v) is 12.2. The molecule has 2 saturated heterocycles. The number of ether oxygens (including phenoxy) is 8. The quantitative estimate of drug-likeness (QED) is 0.0389. The molecule has 0 saturated carbocycles. The van der Waals surface area contributed by atoms with Crippen molar-refractivity contribution in [2.45, 2.75) is 87.5 Å². The maximum absolute atomic E-state index is 13.1. The monoisotopic (exact) mass is 760 g/mol. The van der Waals surface area contributed by atoms with Gasteiger partial charge in [0.1, 0.15) is 55.4 Å². The fraction of sp³-hybridized carbons (Fsp3) is 0.606. The predicted octanol–water partition coefficient (Wildman–Crippen LogP) is -3.27. The largest absolute Gasteiger partial charge is 0.504 e. The van der Waals surface area contributed by atoms with E-state index in [4.69, 9.17) is 37.9 Å². The summed E-state index contributed by atoms with van der Waals surface area (Å²) in [5.41, 5.74) is 0.346. The van der Waals surface area contributed by atoms with E-state index in [2.05, 4.69) is 0 Å². The van der Waals surface area contributed by atoms with Crippen LogP contribution >= 0.6 is 0 Å². The highest BCUT2D eigenvalue weighted by Gasteiger charge is 2.52. The molecule has 3 aliphatic rings. The second kappa shape index (κ2) is 18.9. The number of hydrogen-bond acceptors (Lipinski definition) is 20. The lowest BCUT2D eigenvalue weighted by Gasteiger charge is -2.46. The lowest BCUT2D eigenvalue weighted by molar-refractivity contribution is -0.369. The molecule has 3 heterocycles. The van der Waals surface area contributed by atoms with Crippen molar-refractivity contribution < 1.29 is 98.2 Å². The average Bonchev–Trinajstić information content (AvgIpc) is 3.13. The summed E-state index contributed by atoms with van der Waals surface area (Å²) in [5, 5.41) is 91.7. The first-order valence-corrected chi connectivity index (χ1v) is 16.4. The van der Waals surface area contributed by atoms with E-state index in [0.717, 1.165) is 20.3 Å². The Balaban J connectivity index is 1.57. The van der Waals surface area contributed by atoms with Crippen LogP contribution in [0.3, 0.4) is 0 Å². The van der Waals surface area contributed by atoms with Gasteiger partial charge in [-0.05, 0) is 23.8 Å². The number of phenolic OH excluding ortho intramolecular Hbond substituents is 2. The molecular formula is C33H44O20. The molecule has 12 atom stereocenters. The van der Waals surface area contributed by atoms with E-state index in [9.17, 15) is 60.3 Å². The van der Waals surface area contributed by atoms with E-state index in [1.165, 1.54) is 24.3 Å². The van der Waals surface area contributed by atoms with Crippen molar-refractivity contribution in [1.82, 2.24) is 0 Å². The summed E-state index contributed by atoms with van der Waals surface area (Å²) < 4.78 is 43.4. The molecule has 12 unspecified atom stereocenters. The van der Waals surface area contributed by atoms with E-state index >= 15 is 0 Å². The van der Waals surface area contributed by atoms with Crippen LogP contribution in [0.15, 0.2) is 41.7 Å². The van der Waals surface area contributed by atoms with Crippen molar-refractivity contribution in [3.8, 4) is 11.5 Å². The predicted molar refractivity (Wildman–Crippen MR) is 170 cm³/mol. The fourth-order valence-electron chi connectivity index (χ4n) is 5.80. The van der Waals surface area contributed by atoms with Crippen LogP contribution in [0.5, 0.6) is 11.5 Å². The molecule has 2 fully saturated rings. The summed E-state index contributed by atoms with van der Waals surface area (Å²) in [6.45, 7) is -1.09. The Morgan fingerprint density at radius 2 is 1.49 bits per heavy atom. The van der Waals surface area contributed by atoms with Gasteiger partial charge in [0.2, 0.25) is 6.29 Å². The van der Waals surface area contributed by atoms with E-state index < -0.39 is 118 Å². The maximum atomic E-state index is 13.1. The first-order valence-electron chi connectivity index (χ1n) is 16.4. The van der Waals surface area contributed by atoms with Crippen LogP contribution in [0.4, 0.5) is 0 Å². The third-order valence-corrected chi connectivity index (χ3v) is 8.68. The zero-order chi connectivity index (χ0) is 39.0. The summed E-state index contributed by atoms with van der Waals surface area (Å²) in [4.78, 5) is 37.5. The Morgan fingerprint density at radius 3 is 2.11 bits per heavy atom. The van der Waals surface area contributed by atoms with Gasteiger partial charge in [0.25, 0.3) is 0 Å². The van der Waals surface area contributed by atoms with Crippen molar-refractivity contribution in [3.05, 3.63) is 47.2 Å². The molecule has 296 valence electrons. The molecule has 0 aromatic heterocycles. The number of phenols is 2. The number of esters is 3. The van der Waals surface area contributed by atoms with Crippen LogP contribution in [0.25, 0.3) is 0 Å². The summed E-state index contributed by atoms with van der Waals surface area (Å²) in [6.07, 6.45) is -17.4. The minimum Gasteiger partial charge on any atom is -0.504 e. The van der Waals surface area contributed by atoms with Crippen LogP contribution in [-0.2, 0) is 58.7 Å². The average molecular weight is 761 g/mol. The van der Waals surface area contributed by atoms with Gasteiger partial charge in [-0.1, -0.05) is 6.07 Å². The van der Waals surface area contributed by atoms with Gasteiger partial charge < -0.3 is 83.9 Å². The summed E-state index contributed by atoms with van der Waals surface area (Å²) in [7, 11) is 1.08. The molecule has 9 N–H and O–H groups in total. The topological polar surface area (TPSA) is 307 Å². The lowest BCUT2D eigenvalue weighted by Crippen LogP contribution is -2.65. The first-order chi connectivity index (χ1) is 25.2. The van der Waals surface area contributed by atoms with Gasteiger partial charge in [0.15, 0.2) is 24.1 Å². The Labute approximate surface area is 301 Å². The van der Waals surface area contributed by atoms with Crippen molar-refractivity contribution in [3.63, 3.8) is 0 Å². The van der Waals surface area contributed by atoms with E-state index in [-0.39, 0.29) is 35.7 Å². The minimum absolute atomic E-state index is 0.0107. The van der Waals surface area contributed by atoms with Crippen molar-refractivity contribution in [2.75, 3.05) is 33.5 Å². The Bertz CT molecular complexity index is 1480. The first kappa shape index (κ1) is 41.8. The molecule has 1 aromatic rings. The molecular weight excluding hydrogens is 716 g/mol. The molecule has 1 aromatic carbocycles. The maximum Gasteiger partial charge on any atom is 0.337 e. The molecule has 53 heavy (non-hydrogen) atoms. The van der Waals surface area contributed by atoms with Gasteiger partial charge in [0.05, 0.1) is 45.2 Å². The van der Waals surface area contributed by atoms with Crippen LogP contribution in [-0.4, -0.2) is 165 Å². The SMILES string of the molecule is COC(=O)C1=COC(OC2OC(CO)C(O)C(OC3OC(CO)C(O)C(O)C3O)C2O)C(=CCOC(C)=O)C1CC(=O)OCCc1ccc(O)c(O)c1. The van der Waals surface area contributed by atoms with E-state index in [0.29, 0.717) is 5.56 Å². The van der Waals surface area contributed by atoms with Gasteiger partial charge >= 0.3 is 17.9 Å². The zero-order valence-corrected chi connectivity index (χ0v) is 28.6. The summed E-state index contributed by atoms with van der Waals surface area (Å²) >= 11 is 0. The standard InChI is InChI=1S/C33H44O20/c1-14(36)47-8-6-16-17(10-23(39)48-7-5-15-3-4-19(37)20(38)9-15)18(30(45)46-2)13-49-31(16)53-33-28(44)29(25(41)22(12-35)51-33)52-32-27(43)26(42)24(40)21(11-34)50-32/h3-4,6,9,13,17,21-22,24-29,31-35,37-38,40-44H,5,7-8,10-12H2,1-2H3. The van der Waals surface area contributed by atoms with Crippen molar-refractivity contribution in [2.24, 2.45) is 5.92 Å². The molecule has 0 aliphatic carbocycles. The van der Waals surface area contributed by atoms with Crippen LogP contribution in [0.2, 0.25) is 0 Å². The lowest BCUT2D eigenvalue weighted by atomic mass is 9.86. The van der Waals surface area contributed by atoms with Gasteiger partial charge in [-0.25, -0.2) is 4.79 Å². The molecule has 20 nitrogen and oxygen atoms in total. The summed E-state index contributed by atoms with van der Waals surface area (Å²) in [6, 6.07) is 4.07. The van der Waals surface area contributed by atoms with E-state index in [1.54, 1.807) is 0 Å². The zero-order valence-electron chi connectivity index (χ0n) is 28.6. The Kier molecular flexibility index (Phi) is 14.9. The molecule has 0 bridgehead atoms. The highest BCUT2D eigenvalue weighted by atomic mass is 16.8. The van der Waals surface area contributed by atoms with Crippen molar-refractivity contribution in [1.29, 1.82) is 0 Å². The minimum atomic E-state index is -1.97. The van der Waals surface area contributed by atoms with Crippen molar-refractivity contribution >= 4 is 17.9 Å². The number of aromatic hydroxyl groups is 2. The number of aliphatic hydroxyl groups excluding tert-OH is 7. The summed E-state index contributed by atoms with van der Waals surface area (Å²) in [5.74, 6) is -4.32. The number of aliphatic hydroxyl groups is 7. The van der Waals surface area contributed by atoms with Crippen LogP contribution in [0.1, 0.15) is 18.9 Å². The Morgan fingerprint density at radius 1 is 0.830 bits per heavy atom. The van der Waals surface area contributed by atoms with Gasteiger partial charge in [-0.3, -0.25) is 9.59 Å². The number of hydrogen-bond donors (Lipinski definition) is 9. The third kappa shape index (κ3) is 10.2.